The van der Waals surface area contributed by atoms with Crippen LogP contribution in [0.4, 0.5) is 5.82 Å². The SMILES string of the molecule is C=CCN1CCN(CCN(C)C)Cc2cccnc21. The molecule has 1 aliphatic heterocycles. The maximum absolute atomic E-state index is 4.55. The van der Waals surface area contributed by atoms with Crippen LogP contribution in [-0.2, 0) is 6.54 Å². The van der Waals surface area contributed by atoms with Crippen molar-refractivity contribution in [1.82, 2.24) is 14.8 Å². The minimum Gasteiger partial charge on any atom is -0.351 e. The van der Waals surface area contributed by atoms with E-state index in [0.29, 0.717) is 0 Å². The molecule has 0 radical (unpaired) electrons. The van der Waals surface area contributed by atoms with Crippen LogP contribution in [0.3, 0.4) is 0 Å². The van der Waals surface area contributed by atoms with E-state index in [-0.39, 0.29) is 0 Å². The maximum Gasteiger partial charge on any atom is 0.133 e. The standard InChI is InChI=1S/C15H24N4/c1-4-8-19-12-11-18(10-9-17(2)3)13-14-6-5-7-16-15(14)19/h4-7H,1,8-13H2,2-3H3. The van der Waals surface area contributed by atoms with Crippen molar-refractivity contribution in [3.05, 3.63) is 36.5 Å². The first-order valence-electron chi connectivity index (χ1n) is 6.87. The van der Waals surface area contributed by atoms with E-state index in [1.165, 1.54) is 5.56 Å². The Hall–Kier alpha value is -1.39. The average molecular weight is 260 g/mol. The number of anilines is 1. The van der Waals surface area contributed by atoms with Gasteiger partial charge in [0.1, 0.15) is 5.82 Å². The second-order valence-electron chi connectivity index (χ2n) is 5.30. The zero-order valence-electron chi connectivity index (χ0n) is 12.0. The average Bonchev–Trinajstić information content (AvgIpc) is 2.57. The van der Waals surface area contributed by atoms with E-state index in [1.807, 2.05) is 18.3 Å². The molecular formula is C15H24N4. The van der Waals surface area contributed by atoms with Crippen molar-refractivity contribution in [3.8, 4) is 0 Å². The largest absolute Gasteiger partial charge is 0.351 e. The number of rotatable bonds is 5. The predicted molar refractivity (Wildman–Crippen MR) is 80.5 cm³/mol. The lowest BCUT2D eigenvalue weighted by atomic mass is 10.2. The van der Waals surface area contributed by atoms with Crippen LogP contribution in [0.2, 0.25) is 0 Å². The number of aromatic nitrogens is 1. The second kappa shape index (κ2) is 6.68. The van der Waals surface area contributed by atoms with Crippen molar-refractivity contribution in [1.29, 1.82) is 0 Å². The summed E-state index contributed by atoms with van der Waals surface area (Å²) in [6.45, 7) is 10.00. The molecule has 2 heterocycles. The smallest absolute Gasteiger partial charge is 0.133 e. The topological polar surface area (TPSA) is 22.6 Å². The molecule has 0 bridgehead atoms. The van der Waals surface area contributed by atoms with Crippen molar-refractivity contribution >= 4 is 5.82 Å². The molecule has 2 rings (SSSR count). The van der Waals surface area contributed by atoms with E-state index < -0.39 is 0 Å². The summed E-state index contributed by atoms with van der Waals surface area (Å²) in [7, 11) is 4.24. The number of likely N-dealkylation sites (N-methyl/N-ethyl adjacent to an activating group) is 1. The molecule has 1 aromatic rings. The van der Waals surface area contributed by atoms with Gasteiger partial charge in [-0.1, -0.05) is 12.1 Å². The van der Waals surface area contributed by atoms with Gasteiger partial charge in [-0.15, -0.1) is 6.58 Å². The number of pyridine rings is 1. The Morgan fingerprint density at radius 2 is 2.26 bits per heavy atom. The molecule has 104 valence electrons. The molecule has 0 aromatic carbocycles. The van der Waals surface area contributed by atoms with E-state index in [4.69, 9.17) is 0 Å². The van der Waals surface area contributed by atoms with Crippen molar-refractivity contribution in [2.45, 2.75) is 6.54 Å². The fourth-order valence-electron chi connectivity index (χ4n) is 2.39. The van der Waals surface area contributed by atoms with Crippen LogP contribution in [0, 0.1) is 0 Å². The summed E-state index contributed by atoms with van der Waals surface area (Å²) in [6.07, 6.45) is 3.83. The van der Waals surface area contributed by atoms with Gasteiger partial charge in [0, 0.05) is 51.0 Å². The molecule has 0 unspecified atom stereocenters. The summed E-state index contributed by atoms with van der Waals surface area (Å²) in [5.41, 5.74) is 1.32. The first-order valence-corrected chi connectivity index (χ1v) is 6.87. The van der Waals surface area contributed by atoms with Crippen LogP contribution in [-0.4, -0.2) is 61.6 Å². The molecule has 0 amide bonds. The summed E-state index contributed by atoms with van der Waals surface area (Å²) >= 11 is 0. The van der Waals surface area contributed by atoms with Crippen LogP contribution in [0.25, 0.3) is 0 Å². The zero-order valence-corrected chi connectivity index (χ0v) is 12.0. The molecule has 0 spiro atoms. The van der Waals surface area contributed by atoms with Gasteiger partial charge >= 0.3 is 0 Å². The normalized spacial score (nSPS) is 16.3. The lowest BCUT2D eigenvalue weighted by Crippen LogP contribution is -2.35. The highest BCUT2D eigenvalue weighted by Crippen LogP contribution is 2.21. The zero-order chi connectivity index (χ0) is 13.7. The van der Waals surface area contributed by atoms with Crippen molar-refractivity contribution in [2.75, 3.05) is 51.7 Å². The van der Waals surface area contributed by atoms with Crippen molar-refractivity contribution in [2.24, 2.45) is 0 Å². The monoisotopic (exact) mass is 260 g/mol. The Bertz CT molecular complexity index is 416. The molecule has 19 heavy (non-hydrogen) atoms. The summed E-state index contributed by atoms with van der Waals surface area (Å²) in [4.78, 5) is 11.6. The first kappa shape index (κ1) is 14.0. The Morgan fingerprint density at radius 1 is 1.42 bits per heavy atom. The molecule has 1 aliphatic rings. The Morgan fingerprint density at radius 3 is 3.00 bits per heavy atom. The van der Waals surface area contributed by atoms with Gasteiger partial charge in [0.15, 0.2) is 0 Å². The Balaban J connectivity index is 2.11. The summed E-state index contributed by atoms with van der Waals surface area (Å²) < 4.78 is 0. The third-order valence-electron chi connectivity index (χ3n) is 3.46. The third kappa shape index (κ3) is 3.78. The Kier molecular flexibility index (Phi) is 4.93. The number of hydrogen-bond acceptors (Lipinski definition) is 4. The number of hydrogen-bond donors (Lipinski definition) is 0. The Labute approximate surface area is 116 Å². The molecule has 4 nitrogen and oxygen atoms in total. The van der Waals surface area contributed by atoms with Crippen molar-refractivity contribution in [3.63, 3.8) is 0 Å². The van der Waals surface area contributed by atoms with Crippen LogP contribution in [0.15, 0.2) is 31.0 Å². The minimum absolute atomic E-state index is 0.867. The summed E-state index contributed by atoms with van der Waals surface area (Å²) in [5.74, 6) is 1.12. The minimum atomic E-state index is 0.867. The molecule has 0 fully saturated rings. The second-order valence-corrected chi connectivity index (χ2v) is 5.30. The van der Waals surface area contributed by atoms with Gasteiger partial charge in [-0.25, -0.2) is 4.98 Å². The van der Waals surface area contributed by atoms with Gasteiger partial charge in [0.05, 0.1) is 0 Å². The van der Waals surface area contributed by atoms with Crippen LogP contribution in [0.5, 0.6) is 0 Å². The maximum atomic E-state index is 4.55. The molecule has 0 saturated carbocycles. The fraction of sp³-hybridized carbons (Fsp3) is 0.533. The van der Waals surface area contributed by atoms with Crippen LogP contribution >= 0.6 is 0 Å². The van der Waals surface area contributed by atoms with E-state index in [2.05, 4.69) is 46.4 Å². The van der Waals surface area contributed by atoms with Gasteiger partial charge in [0.2, 0.25) is 0 Å². The number of nitrogens with zero attached hydrogens (tertiary/aromatic N) is 4. The molecule has 0 aliphatic carbocycles. The highest BCUT2D eigenvalue weighted by atomic mass is 15.3. The molecule has 0 saturated heterocycles. The lowest BCUT2D eigenvalue weighted by molar-refractivity contribution is 0.242. The van der Waals surface area contributed by atoms with E-state index >= 15 is 0 Å². The molecule has 0 atom stereocenters. The quantitative estimate of drug-likeness (QED) is 0.747. The van der Waals surface area contributed by atoms with Gasteiger partial charge in [0.25, 0.3) is 0 Å². The van der Waals surface area contributed by atoms with E-state index in [0.717, 1.165) is 45.1 Å². The van der Waals surface area contributed by atoms with Gasteiger partial charge < -0.3 is 9.80 Å². The van der Waals surface area contributed by atoms with E-state index in [9.17, 15) is 0 Å². The molecular weight excluding hydrogens is 236 g/mol. The summed E-state index contributed by atoms with van der Waals surface area (Å²) in [6, 6.07) is 4.22. The van der Waals surface area contributed by atoms with Gasteiger partial charge in [-0.05, 0) is 20.2 Å². The lowest BCUT2D eigenvalue weighted by Gasteiger charge is -2.23. The summed E-state index contributed by atoms with van der Waals surface area (Å²) in [5, 5.41) is 0. The highest BCUT2D eigenvalue weighted by Gasteiger charge is 2.19. The van der Waals surface area contributed by atoms with Crippen molar-refractivity contribution < 1.29 is 0 Å². The molecule has 1 aromatic heterocycles. The van der Waals surface area contributed by atoms with E-state index in [1.54, 1.807) is 0 Å². The van der Waals surface area contributed by atoms with Gasteiger partial charge in [-0.3, -0.25) is 4.90 Å². The predicted octanol–water partition coefficient (Wildman–Crippen LogP) is 1.45. The molecule has 4 heteroatoms. The van der Waals surface area contributed by atoms with Crippen LogP contribution in [0.1, 0.15) is 5.56 Å². The number of fused-ring (bicyclic) bond motifs is 1. The fourth-order valence-corrected chi connectivity index (χ4v) is 2.39. The van der Waals surface area contributed by atoms with Crippen LogP contribution < -0.4 is 4.90 Å². The van der Waals surface area contributed by atoms with Gasteiger partial charge in [-0.2, -0.15) is 0 Å². The first-order chi connectivity index (χ1) is 9.20. The third-order valence-corrected chi connectivity index (χ3v) is 3.46. The molecule has 0 N–H and O–H groups in total. The highest BCUT2D eigenvalue weighted by molar-refractivity contribution is 5.48.